The third-order valence-electron chi connectivity index (χ3n) is 6.76. The average molecular weight is 636 g/mol. The van der Waals surface area contributed by atoms with Gasteiger partial charge in [0.05, 0.1) is 0 Å². The Morgan fingerprint density at radius 3 is 1.45 bits per heavy atom. The standard InChI is InChI=1S/2C13H9.C8H19Si.2ClH.Zr/c2*1-3-7-12-10(5-1)9-11-6-2-4-8-13(11)12;1-3-5-7-9-8-6-4-2;;;/h2*1-5,7-8H,9H2;9H,3-8H2,1-2H3;2*1H;/q2*-1;;;;+4/p-2. The van der Waals surface area contributed by atoms with Gasteiger partial charge in [-0.1, -0.05) is 122 Å². The maximum atomic E-state index is 4.93. The molecule has 0 unspecified atom stereocenters. The first kappa shape index (κ1) is 31.1. The van der Waals surface area contributed by atoms with Crippen LogP contribution in [0.1, 0.15) is 61.8 Å². The van der Waals surface area contributed by atoms with Gasteiger partial charge in [0.2, 0.25) is 0 Å². The fourth-order valence-electron chi connectivity index (χ4n) is 4.84. The molecular weight excluding hydrogens is 599 g/mol. The molecule has 0 saturated carbocycles. The van der Waals surface area contributed by atoms with E-state index in [0.29, 0.717) is 0 Å². The number of fused-ring (bicyclic) bond motifs is 6. The SMILES string of the molecule is CCCC[SiH]CCCC.[Cl][Zr+2][Cl].[c-]1cccc2c1Cc1ccccc1-2.[c-]1cccc2c1Cc1ccccc1-2. The first-order valence-corrected chi connectivity index (χ1v) is 21.6. The van der Waals surface area contributed by atoms with E-state index in [1.807, 2.05) is 12.1 Å². The molecule has 0 spiro atoms. The second kappa shape index (κ2) is 18.0. The van der Waals surface area contributed by atoms with Crippen LogP contribution >= 0.6 is 17.0 Å². The minimum Gasteiger partial charge on any atom is -0.179 e. The number of unbranched alkanes of at least 4 members (excludes halogenated alkanes) is 2. The number of hydrogen-bond donors (Lipinski definition) is 0. The molecule has 0 amide bonds. The van der Waals surface area contributed by atoms with Crippen LogP contribution in [0, 0.1) is 12.1 Å². The monoisotopic (exact) mass is 633 g/mol. The Morgan fingerprint density at radius 1 is 0.632 bits per heavy atom. The summed E-state index contributed by atoms with van der Waals surface area (Å²) >= 11 is -0.826. The van der Waals surface area contributed by atoms with E-state index >= 15 is 0 Å². The third kappa shape index (κ3) is 9.34. The van der Waals surface area contributed by atoms with Gasteiger partial charge in [0.1, 0.15) is 0 Å². The van der Waals surface area contributed by atoms with Gasteiger partial charge in [-0.3, -0.25) is 0 Å². The van der Waals surface area contributed by atoms with Gasteiger partial charge in [-0.2, -0.15) is 59.7 Å². The van der Waals surface area contributed by atoms with Crippen LogP contribution in [0.4, 0.5) is 0 Å². The van der Waals surface area contributed by atoms with Gasteiger partial charge >= 0.3 is 37.9 Å². The van der Waals surface area contributed by atoms with Crippen molar-refractivity contribution in [3.63, 3.8) is 0 Å². The Hall–Kier alpha value is -1.44. The summed E-state index contributed by atoms with van der Waals surface area (Å²) in [5.41, 5.74) is 11.0. The molecule has 0 heterocycles. The predicted octanol–water partition coefficient (Wildman–Crippen LogP) is 10.4. The van der Waals surface area contributed by atoms with Crippen LogP contribution in [0.15, 0.2) is 84.9 Å². The zero-order valence-electron chi connectivity index (χ0n) is 22.6. The molecule has 4 aromatic carbocycles. The molecule has 0 bridgehead atoms. The van der Waals surface area contributed by atoms with Gasteiger partial charge in [0.15, 0.2) is 0 Å². The van der Waals surface area contributed by atoms with Crippen molar-refractivity contribution in [1.82, 2.24) is 0 Å². The quantitative estimate of drug-likeness (QED) is 0.0971. The van der Waals surface area contributed by atoms with Crippen molar-refractivity contribution in [3.05, 3.63) is 119 Å². The summed E-state index contributed by atoms with van der Waals surface area (Å²) < 4.78 is 0. The van der Waals surface area contributed by atoms with Crippen molar-refractivity contribution in [2.45, 2.75) is 64.5 Å². The molecule has 0 aromatic heterocycles. The second-order valence-corrected chi connectivity index (χ2v) is 14.9. The van der Waals surface area contributed by atoms with Crippen molar-refractivity contribution in [1.29, 1.82) is 0 Å². The first-order valence-electron chi connectivity index (χ1n) is 13.7. The summed E-state index contributed by atoms with van der Waals surface area (Å²) in [4.78, 5) is 0. The fraction of sp³-hybridized carbons (Fsp3) is 0.294. The molecule has 1 radical (unpaired) electrons. The normalized spacial score (nSPS) is 11.1. The molecule has 0 atom stereocenters. The topological polar surface area (TPSA) is 0 Å². The van der Waals surface area contributed by atoms with E-state index in [4.69, 9.17) is 17.0 Å². The van der Waals surface area contributed by atoms with Crippen LogP contribution in [0.2, 0.25) is 12.1 Å². The predicted molar refractivity (Wildman–Crippen MR) is 165 cm³/mol. The molecule has 38 heavy (non-hydrogen) atoms. The van der Waals surface area contributed by atoms with Crippen LogP contribution in [0.3, 0.4) is 0 Å². The zero-order chi connectivity index (χ0) is 27.0. The maximum absolute atomic E-state index is 4.93. The van der Waals surface area contributed by atoms with Crippen molar-refractivity contribution >= 4 is 26.5 Å². The summed E-state index contributed by atoms with van der Waals surface area (Å²) in [6.45, 7) is 4.55. The Morgan fingerprint density at radius 2 is 1.03 bits per heavy atom. The van der Waals surface area contributed by atoms with Gasteiger partial charge in [0.25, 0.3) is 0 Å². The molecule has 2 aliphatic carbocycles. The molecule has 0 nitrogen and oxygen atoms in total. The third-order valence-corrected chi connectivity index (χ3v) is 8.39. The van der Waals surface area contributed by atoms with Crippen LogP contribution in [-0.4, -0.2) is 9.52 Å². The molecular formula is C34H37Cl2SiZr. The minimum absolute atomic E-state index is 0.818. The number of hydrogen-bond acceptors (Lipinski definition) is 0. The molecule has 6 rings (SSSR count). The molecule has 2 aliphatic rings. The van der Waals surface area contributed by atoms with Crippen LogP contribution in [0.5, 0.6) is 0 Å². The minimum atomic E-state index is -0.826. The zero-order valence-corrected chi connectivity index (χ0v) is 27.7. The summed E-state index contributed by atoms with van der Waals surface area (Å²) in [5.74, 6) is 0. The first-order chi connectivity index (χ1) is 18.7. The largest absolute Gasteiger partial charge is 0.179 e. The molecule has 0 aliphatic heterocycles. The van der Waals surface area contributed by atoms with E-state index in [2.05, 4.69) is 98.8 Å². The molecule has 4 heteroatoms. The molecule has 0 N–H and O–H groups in total. The number of halogens is 2. The molecule has 0 fully saturated rings. The number of benzene rings is 4. The summed E-state index contributed by atoms with van der Waals surface area (Å²) in [7, 11) is 10.7. The van der Waals surface area contributed by atoms with Gasteiger partial charge in [-0.05, 0) is 12.8 Å². The summed E-state index contributed by atoms with van der Waals surface area (Å²) in [6, 6.07) is 39.3. The molecule has 4 aromatic rings. The summed E-state index contributed by atoms with van der Waals surface area (Å²) in [5, 5.41) is 0. The Labute approximate surface area is 251 Å². The van der Waals surface area contributed by atoms with Crippen LogP contribution in [-0.2, 0) is 33.7 Å². The van der Waals surface area contributed by atoms with Gasteiger partial charge < -0.3 is 0 Å². The average Bonchev–Trinajstić information content (AvgIpc) is 3.53. The molecule has 195 valence electrons. The van der Waals surface area contributed by atoms with Crippen LogP contribution < -0.4 is 0 Å². The van der Waals surface area contributed by atoms with Gasteiger partial charge in [-0.25, -0.2) is 0 Å². The van der Waals surface area contributed by atoms with E-state index in [9.17, 15) is 0 Å². The van der Waals surface area contributed by atoms with Crippen molar-refractivity contribution < 1.29 is 20.8 Å². The number of rotatable bonds is 6. The smallest absolute Gasteiger partial charge is 0.0253 e. The fourth-order valence-corrected chi connectivity index (χ4v) is 6.52. The molecule has 0 saturated heterocycles. The van der Waals surface area contributed by atoms with E-state index in [1.165, 1.54) is 82.3 Å². The Balaban J connectivity index is 0.000000153. The second-order valence-electron chi connectivity index (χ2n) is 9.44. The van der Waals surface area contributed by atoms with Crippen molar-refractivity contribution in [3.8, 4) is 22.3 Å². The van der Waals surface area contributed by atoms with E-state index in [-0.39, 0.29) is 0 Å². The summed E-state index contributed by atoms with van der Waals surface area (Å²) in [6.07, 6.45) is 7.81. The Bertz CT molecular complexity index is 1060. The van der Waals surface area contributed by atoms with Crippen LogP contribution in [0.25, 0.3) is 22.3 Å². The Kier molecular flexibility index (Phi) is 14.7. The van der Waals surface area contributed by atoms with E-state index in [0.717, 1.165) is 22.4 Å². The van der Waals surface area contributed by atoms with Gasteiger partial charge in [-0.15, -0.1) is 11.1 Å². The maximum Gasteiger partial charge on any atom is -0.0253 e. The van der Waals surface area contributed by atoms with Crippen molar-refractivity contribution in [2.75, 3.05) is 0 Å². The van der Waals surface area contributed by atoms with Gasteiger partial charge in [0, 0.05) is 9.52 Å². The van der Waals surface area contributed by atoms with E-state index in [1.54, 1.807) is 0 Å². The van der Waals surface area contributed by atoms with Crippen molar-refractivity contribution in [2.24, 2.45) is 0 Å². The van der Waals surface area contributed by atoms with E-state index < -0.39 is 20.8 Å².